The minimum absolute atomic E-state index is 0.289. The van der Waals surface area contributed by atoms with Crippen LogP contribution in [0.2, 0.25) is 0 Å². The van der Waals surface area contributed by atoms with Crippen molar-refractivity contribution in [3.05, 3.63) is 116 Å². The molecule has 1 aromatic heterocycles. The van der Waals surface area contributed by atoms with Gasteiger partial charge in [-0.05, 0) is 82.8 Å². The lowest BCUT2D eigenvalue weighted by atomic mass is 10.1. The summed E-state index contributed by atoms with van der Waals surface area (Å²) in [6.45, 7) is 18.1. The predicted molar refractivity (Wildman–Crippen MR) is 210 cm³/mol. The number of amides is 1. The van der Waals surface area contributed by atoms with Gasteiger partial charge in [-0.15, -0.1) is 0 Å². The Morgan fingerprint density at radius 1 is 1.06 bits per heavy atom. The van der Waals surface area contributed by atoms with Crippen LogP contribution in [0.3, 0.4) is 0 Å². The zero-order valence-corrected chi connectivity index (χ0v) is 30.0. The first-order valence-electron chi connectivity index (χ1n) is 16.8. The third-order valence-corrected chi connectivity index (χ3v) is 6.01. The highest BCUT2D eigenvalue weighted by Crippen LogP contribution is 2.05. The van der Waals surface area contributed by atoms with Crippen LogP contribution in [0.25, 0.3) is 0 Å². The van der Waals surface area contributed by atoms with Crippen molar-refractivity contribution < 1.29 is 9.59 Å². The molecule has 0 bridgehead atoms. The van der Waals surface area contributed by atoms with E-state index >= 15 is 0 Å². The van der Waals surface area contributed by atoms with Gasteiger partial charge in [0.15, 0.2) is 0 Å². The number of ketones is 1. The topological polar surface area (TPSA) is 135 Å². The number of nitrogens with one attached hydrogen (secondary N) is 4. The number of carbonyl (C=O) groups excluding carboxylic acids is 2. The summed E-state index contributed by atoms with van der Waals surface area (Å²) in [5.41, 5.74) is 4.64. The number of hydrogen-bond acceptors (Lipinski definition) is 9. The van der Waals surface area contributed by atoms with Crippen LogP contribution in [0.15, 0.2) is 121 Å². The summed E-state index contributed by atoms with van der Waals surface area (Å²) < 4.78 is 0. The van der Waals surface area contributed by atoms with Crippen LogP contribution >= 0.6 is 0 Å². The lowest BCUT2D eigenvalue weighted by molar-refractivity contribution is -0.117. The Hall–Kier alpha value is -4.96. The van der Waals surface area contributed by atoms with Gasteiger partial charge in [-0.25, -0.2) is 0 Å². The summed E-state index contributed by atoms with van der Waals surface area (Å²) in [5, 5.41) is 16.6. The summed E-state index contributed by atoms with van der Waals surface area (Å²) in [5.74, 6) is 0.289. The van der Waals surface area contributed by atoms with E-state index in [0.29, 0.717) is 26.0 Å². The maximum absolute atomic E-state index is 10.6. The third kappa shape index (κ3) is 35.7. The van der Waals surface area contributed by atoms with Crippen LogP contribution in [0.5, 0.6) is 0 Å². The van der Waals surface area contributed by atoms with Gasteiger partial charge < -0.3 is 21.5 Å². The van der Waals surface area contributed by atoms with Gasteiger partial charge >= 0.3 is 0 Å². The van der Waals surface area contributed by atoms with Crippen LogP contribution in [-0.2, 0) is 9.59 Å². The molecule has 1 saturated heterocycles. The van der Waals surface area contributed by atoms with Gasteiger partial charge in [-0.2, -0.15) is 5.10 Å². The number of nitrogens with zero attached hydrogens (tertiary/aromatic N) is 4. The van der Waals surface area contributed by atoms with Crippen LogP contribution in [0.1, 0.15) is 64.9 Å². The fourth-order valence-corrected chi connectivity index (χ4v) is 3.70. The number of carbonyl (C=O) groups is 2. The highest BCUT2D eigenvalue weighted by atomic mass is 16.1. The van der Waals surface area contributed by atoms with Crippen LogP contribution in [-0.4, -0.2) is 79.5 Å². The van der Waals surface area contributed by atoms with Crippen molar-refractivity contribution in [1.29, 1.82) is 5.41 Å². The maximum atomic E-state index is 10.6. The molecule has 1 aliphatic heterocycles. The van der Waals surface area contributed by atoms with Gasteiger partial charge in [0.05, 0.1) is 18.8 Å². The molecule has 10 nitrogen and oxygen atoms in total. The molecule has 4 N–H and O–H groups in total. The van der Waals surface area contributed by atoms with E-state index in [0.717, 1.165) is 37.3 Å². The molecule has 0 aliphatic carbocycles. The molecule has 0 unspecified atom stereocenters. The number of unbranched alkanes of at least 4 members (excludes halogenated alkanes) is 2. The monoisotopic (exact) mass is 672 g/mol. The minimum Gasteiger partial charge on any atom is -0.391 e. The zero-order valence-electron chi connectivity index (χ0n) is 30.0. The number of Topliss-reactive ketones (excluding diaryl/α,β-unsaturated/α-hetero) is 1. The molecule has 1 aliphatic rings. The van der Waals surface area contributed by atoms with E-state index in [4.69, 9.17) is 5.41 Å². The fourth-order valence-electron chi connectivity index (χ4n) is 3.70. The second kappa shape index (κ2) is 39.2. The maximum Gasteiger partial charge on any atom is 0.207 e. The molecule has 2 rings (SSSR count). The molecule has 0 spiro atoms. The molecule has 268 valence electrons. The number of likely N-dealkylation sites (tertiary alicyclic amines) is 1. The molecule has 1 amide bonds. The summed E-state index contributed by atoms with van der Waals surface area (Å²) in [7, 11) is 0. The number of aliphatic imine (C=N–C) groups is 1. The second-order valence-electron chi connectivity index (χ2n) is 10.3. The Bertz CT molecular complexity index is 1180. The van der Waals surface area contributed by atoms with Crippen LogP contribution in [0, 0.1) is 5.41 Å². The van der Waals surface area contributed by atoms with Crippen molar-refractivity contribution in [2.75, 3.05) is 39.3 Å². The van der Waals surface area contributed by atoms with Crippen molar-refractivity contribution in [2.45, 2.75) is 59.3 Å². The minimum atomic E-state index is 0.289. The van der Waals surface area contributed by atoms with Crippen molar-refractivity contribution in [2.24, 2.45) is 10.1 Å². The molecule has 1 fully saturated rings. The Morgan fingerprint density at radius 3 is 2.43 bits per heavy atom. The van der Waals surface area contributed by atoms with E-state index in [2.05, 4.69) is 56.1 Å². The summed E-state index contributed by atoms with van der Waals surface area (Å²) in [6, 6.07) is 3.79. The number of hydrogen-bond donors (Lipinski definition) is 4. The molecule has 2 heterocycles. The molecule has 0 atom stereocenters. The molecule has 0 saturated carbocycles. The number of pyridine rings is 1. The van der Waals surface area contributed by atoms with Crippen LogP contribution in [0.4, 0.5) is 0 Å². The molecule has 0 radical (unpaired) electrons. The van der Waals surface area contributed by atoms with E-state index in [-0.39, 0.29) is 5.78 Å². The standard InChI is InChI=1S/C15H18N4O.C9H17N.C8H12N2.C7H13NO/c1-2-3-8-15(14-7-6-10-16-12-14)19-18-11-5-4-9-17-13-20;1-3-5-7-9-10-8-6-4-2;1-2-3-4-7-10-8-5-6-9;1-7(9)6-8-4-2-3-5-8/h2-8,10,12-13,18H,1,9,11H2,(H,17,20);4,6,8,10H,2-3,5,7,9H2,1H3;2-3,5-9H,4H2,1H3;2-6H2,1H3/b5-4-,8-3?,19-15+;8-6+;3-2-,8-5-,9-6?,10-7?;. The molecular formula is C39H60N8O2. The van der Waals surface area contributed by atoms with Gasteiger partial charge in [0, 0.05) is 56.1 Å². The number of hydrazone groups is 1. The molecule has 0 aromatic carbocycles. The number of allylic oxidation sites excluding steroid dienone is 8. The van der Waals surface area contributed by atoms with E-state index in [9.17, 15) is 9.59 Å². The van der Waals surface area contributed by atoms with E-state index in [1.54, 1.807) is 50.0 Å². The fraction of sp³-hybridized carbons (Fsp3) is 0.385. The van der Waals surface area contributed by atoms with Gasteiger partial charge in [0.2, 0.25) is 6.41 Å². The molecular weight excluding hydrogens is 612 g/mol. The Kier molecular flexibility index (Phi) is 36.9. The first kappa shape index (κ1) is 46.2. The second-order valence-corrected chi connectivity index (χ2v) is 10.3. The highest BCUT2D eigenvalue weighted by Gasteiger charge is 2.11. The van der Waals surface area contributed by atoms with Crippen molar-refractivity contribution >= 4 is 30.3 Å². The molecule has 1 aromatic rings. The Balaban J connectivity index is 0. The number of rotatable bonds is 21. The average molecular weight is 673 g/mol. The van der Waals surface area contributed by atoms with Crippen molar-refractivity contribution in [1.82, 2.24) is 25.9 Å². The average Bonchev–Trinajstić information content (AvgIpc) is 3.62. The van der Waals surface area contributed by atoms with Crippen molar-refractivity contribution in [3.63, 3.8) is 0 Å². The van der Waals surface area contributed by atoms with Gasteiger partial charge in [0.25, 0.3) is 0 Å². The zero-order chi connectivity index (χ0) is 36.5. The van der Waals surface area contributed by atoms with Gasteiger partial charge in [-0.3, -0.25) is 24.5 Å². The summed E-state index contributed by atoms with van der Waals surface area (Å²) in [4.78, 5) is 30.8. The van der Waals surface area contributed by atoms with E-state index in [1.165, 1.54) is 38.3 Å². The van der Waals surface area contributed by atoms with E-state index in [1.807, 2.05) is 67.8 Å². The van der Waals surface area contributed by atoms with Crippen molar-refractivity contribution in [3.8, 4) is 0 Å². The molecule has 10 heteroatoms. The molecule has 49 heavy (non-hydrogen) atoms. The normalized spacial score (nSPS) is 13.1. The quantitative estimate of drug-likeness (QED) is 0.0285. The lowest BCUT2D eigenvalue weighted by Crippen LogP contribution is -2.24. The predicted octanol–water partition coefficient (Wildman–Crippen LogP) is 6.74. The lowest BCUT2D eigenvalue weighted by Gasteiger charge is -2.10. The highest BCUT2D eigenvalue weighted by molar-refractivity contribution is 6.08. The largest absolute Gasteiger partial charge is 0.391 e. The van der Waals surface area contributed by atoms with Crippen LogP contribution < -0.4 is 16.1 Å². The SMILES string of the molecule is C/C=C\CC=N/C=C\C=N.C=C/C=C/NCCCCC.C=CC=C/C(=N\NC/C=C\CNC=O)c1cccnc1.CC(=O)CN1CCCC1. The summed E-state index contributed by atoms with van der Waals surface area (Å²) >= 11 is 0. The first-order valence-corrected chi connectivity index (χ1v) is 16.8. The van der Waals surface area contributed by atoms with E-state index < -0.39 is 0 Å². The third-order valence-electron chi connectivity index (χ3n) is 6.01. The number of aromatic nitrogens is 1. The summed E-state index contributed by atoms with van der Waals surface area (Å²) in [6.07, 6.45) is 36.3. The van der Waals surface area contributed by atoms with Gasteiger partial charge in [0.1, 0.15) is 5.78 Å². The smallest absolute Gasteiger partial charge is 0.207 e. The Labute approximate surface area is 295 Å². The van der Waals surface area contributed by atoms with Gasteiger partial charge in [-0.1, -0.05) is 75.5 Å². The first-order chi connectivity index (χ1) is 24.0. The Morgan fingerprint density at radius 2 is 1.82 bits per heavy atom.